The fourth-order valence-electron chi connectivity index (χ4n) is 4.91. The molecule has 34 heavy (non-hydrogen) atoms. The second-order valence-electron chi connectivity index (χ2n) is 8.89. The molecule has 1 saturated heterocycles. The first-order valence-corrected chi connectivity index (χ1v) is 12.1. The van der Waals surface area contributed by atoms with Crippen molar-refractivity contribution in [2.45, 2.75) is 44.7 Å². The highest BCUT2D eigenvalue weighted by molar-refractivity contribution is 6.32. The van der Waals surface area contributed by atoms with Crippen molar-refractivity contribution in [3.63, 3.8) is 0 Å². The molecular weight excluding hydrogens is 452 g/mol. The molecule has 2 aromatic carbocycles. The normalized spacial score (nSPS) is 18.4. The Labute approximate surface area is 204 Å². The maximum Gasteiger partial charge on any atom is 0.414 e. The maximum absolute atomic E-state index is 12.6. The third-order valence-electron chi connectivity index (χ3n) is 6.76. The van der Waals surface area contributed by atoms with Crippen LogP contribution in [0.25, 0.3) is 11.1 Å². The van der Waals surface area contributed by atoms with Crippen LogP contribution in [0.1, 0.15) is 37.8 Å². The summed E-state index contributed by atoms with van der Waals surface area (Å²) in [5.74, 6) is 1.28. The molecule has 8 heteroatoms. The van der Waals surface area contributed by atoms with Crippen LogP contribution in [0.15, 0.2) is 48.8 Å². The van der Waals surface area contributed by atoms with Crippen LogP contribution >= 0.6 is 11.6 Å². The Morgan fingerprint density at radius 1 is 1.15 bits per heavy atom. The standard InChI is InChI=1S/C26H29ClN4O3/c1-17-7-8-21-23(31(17)26(32)33-2)10-9-20(25(21)34-24-6-4-3-5-22(24)27)18-15-29-30(16-18)19-11-13-28-14-12-19/h3-6,9-10,15-17,19,28H,7-8,11-14H2,1-2H3/t17-/m0/s1. The topological polar surface area (TPSA) is 68.6 Å². The van der Waals surface area contributed by atoms with Crippen LogP contribution in [-0.4, -0.2) is 42.1 Å². The number of amides is 1. The van der Waals surface area contributed by atoms with E-state index in [1.807, 2.05) is 49.5 Å². The number of rotatable bonds is 4. The van der Waals surface area contributed by atoms with Crippen molar-refractivity contribution in [1.82, 2.24) is 15.1 Å². The van der Waals surface area contributed by atoms with E-state index in [-0.39, 0.29) is 12.1 Å². The van der Waals surface area contributed by atoms with E-state index >= 15 is 0 Å². The minimum absolute atomic E-state index is 0.0293. The molecule has 2 aliphatic rings. The summed E-state index contributed by atoms with van der Waals surface area (Å²) in [6.45, 7) is 4.04. The van der Waals surface area contributed by atoms with Crippen LogP contribution in [0.5, 0.6) is 11.5 Å². The predicted octanol–water partition coefficient (Wildman–Crippen LogP) is 5.83. The molecule has 1 atom stereocenters. The summed E-state index contributed by atoms with van der Waals surface area (Å²) in [6, 6.07) is 11.8. The van der Waals surface area contributed by atoms with Crippen molar-refractivity contribution >= 4 is 23.4 Å². The molecule has 3 heterocycles. The number of hydrogen-bond acceptors (Lipinski definition) is 5. The summed E-state index contributed by atoms with van der Waals surface area (Å²) in [4.78, 5) is 14.3. The second-order valence-corrected chi connectivity index (χ2v) is 9.30. The van der Waals surface area contributed by atoms with Gasteiger partial charge in [-0.15, -0.1) is 0 Å². The van der Waals surface area contributed by atoms with Gasteiger partial charge in [0, 0.05) is 28.9 Å². The van der Waals surface area contributed by atoms with Gasteiger partial charge < -0.3 is 14.8 Å². The highest BCUT2D eigenvalue weighted by Crippen LogP contribution is 2.45. The lowest BCUT2D eigenvalue weighted by atomic mass is 9.92. The van der Waals surface area contributed by atoms with E-state index in [0.717, 1.165) is 61.2 Å². The molecule has 1 aromatic heterocycles. The molecule has 0 bridgehead atoms. The quantitative estimate of drug-likeness (QED) is 0.509. The van der Waals surface area contributed by atoms with Gasteiger partial charge >= 0.3 is 6.09 Å². The number of halogens is 1. The van der Waals surface area contributed by atoms with E-state index < -0.39 is 0 Å². The summed E-state index contributed by atoms with van der Waals surface area (Å²) in [7, 11) is 1.41. The monoisotopic (exact) mass is 480 g/mol. The van der Waals surface area contributed by atoms with Crippen LogP contribution in [0.2, 0.25) is 5.02 Å². The number of piperidine rings is 1. The smallest absolute Gasteiger partial charge is 0.414 e. The summed E-state index contributed by atoms with van der Waals surface area (Å²) < 4.78 is 13.6. The van der Waals surface area contributed by atoms with E-state index in [1.165, 1.54) is 7.11 Å². The Hall–Kier alpha value is -3.03. The predicted molar refractivity (Wildman–Crippen MR) is 133 cm³/mol. The number of ether oxygens (including phenoxy) is 2. The molecule has 0 aliphatic carbocycles. The summed E-state index contributed by atoms with van der Waals surface area (Å²) >= 11 is 6.45. The molecule has 0 unspecified atom stereocenters. The van der Waals surface area contributed by atoms with Crippen LogP contribution in [0, 0.1) is 0 Å². The van der Waals surface area contributed by atoms with E-state index in [2.05, 4.69) is 21.3 Å². The van der Waals surface area contributed by atoms with E-state index in [1.54, 1.807) is 4.90 Å². The van der Waals surface area contributed by atoms with Gasteiger partial charge in [-0.3, -0.25) is 9.58 Å². The molecule has 0 spiro atoms. The van der Waals surface area contributed by atoms with Gasteiger partial charge in [0.2, 0.25) is 0 Å². The van der Waals surface area contributed by atoms with Gasteiger partial charge in [-0.05, 0) is 70.0 Å². The first-order chi connectivity index (χ1) is 16.6. The number of fused-ring (bicyclic) bond motifs is 1. The third-order valence-corrected chi connectivity index (χ3v) is 7.08. The van der Waals surface area contributed by atoms with E-state index in [0.29, 0.717) is 22.6 Å². The van der Waals surface area contributed by atoms with Crippen LogP contribution in [-0.2, 0) is 11.2 Å². The fourth-order valence-corrected chi connectivity index (χ4v) is 5.08. The number of carbonyl (C=O) groups is 1. The summed E-state index contributed by atoms with van der Waals surface area (Å²) in [5, 5.41) is 8.62. The van der Waals surface area contributed by atoms with E-state index in [4.69, 9.17) is 21.1 Å². The van der Waals surface area contributed by atoms with Crippen molar-refractivity contribution in [2.75, 3.05) is 25.1 Å². The lowest BCUT2D eigenvalue weighted by Crippen LogP contribution is -2.42. The molecule has 1 fully saturated rings. The lowest BCUT2D eigenvalue weighted by Gasteiger charge is -2.35. The minimum Gasteiger partial charge on any atom is -0.455 e. The number of anilines is 1. The Morgan fingerprint density at radius 3 is 2.71 bits per heavy atom. The number of carbonyl (C=O) groups excluding carboxylic acids is 1. The van der Waals surface area contributed by atoms with Crippen LogP contribution in [0.3, 0.4) is 0 Å². The molecule has 3 aromatic rings. The van der Waals surface area contributed by atoms with Gasteiger partial charge in [0.15, 0.2) is 0 Å². The fraction of sp³-hybridized carbons (Fsp3) is 0.385. The van der Waals surface area contributed by atoms with E-state index in [9.17, 15) is 4.79 Å². The molecule has 0 radical (unpaired) electrons. The number of benzene rings is 2. The Bertz CT molecular complexity index is 1190. The van der Waals surface area contributed by atoms with Crippen molar-refractivity contribution < 1.29 is 14.3 Å². The average Bonchev–Trinajstić information content (AvgIpc) is 3.35. The molecule has 178 valence electrons. The van der Waals surface area contributed by atoms with Crippen molar-refractivity contribution in [2.24, 2.45) is 0 Å². The molecule has 1 N–H and O–H groups in total. The highest BCUT2D eigenvalue weighted by atomic mass is 35.5. The largest absolute Gasteiger partial charge is 0.455 e. The highest BCUT2D eigenvalue weighted by Gasteiger charge is 2.32. The van der Waals surface area contributed by atoms with Crippen LogP contribution < -0.4 is 15.0 Å². The molecule has 5 rings (SSSR count). The number of para-hydroxylation sites is 1. The lowest BCUT2D eigenvalue weighted by molar-refractivity contribution is 0.175. The zero-order valence-electron chi connectivity index (χ0n) is 19.5. The number of methoxy groups -OCH3 is 1. The SMILES string of the molecule is COC(=O)N1c2ccc(-c3cnn(C4CCNCC4)c3)c(Oc3ccccc3Cl)c2CC[C@@H]1C. The molecule has 2 aliphatic heterocycles. The van der Waals surface area contributed by atoms with Crippen molar-refractivity contribution in [3.8, 4) is 22.6 Å². The Kier molecular flexibility index (Phi) is 6.48. The molecular formula is C26H29ClN4O3. The first kappa shape index (κ1) is 22.7. The zero-order valence-corrected chi connectivity index (χ0v) is 20.2. The Morgan fingerprint density at radius 2 is 1.94 bits per heavy atom. The molecule has 0 saturated carbocycles. The summed E-state index contributed by atoms with van der Waals surface area (Å²) in [5.41, 5.74) is 3.68. The minimum atomic E-state index is -0.372. The van der Waals surface area contributed by atoms with Crippen LogP contribution in [0.4, 0.5) is 10.5 Å². The Balaban J connectivity index is 1.61. The number of nitrogens with one attached hydrogen (secondary N) is 1. The van der Waals surface area contributed by atoms with Gasteiger partial charge in [0.1, 0.15) is 11.5 Å². The zero-order chi connectivity index (χ0) is 23.7. The van der Waals surface area contributed by atoms with Gasteiger partial charge in [-0.25, -0.2) is 4.79 Å². The van der Waals surface area contributed by atoms with Gasteiger partial charge in [0.25, 0.3) is 0 Å². The van der Waals surface area contributed by atoms with Crippen molar-refractivity contribution in [1.29, 1.82) is 0 Å². The molecule has 1 amide bonds. The van der Waals surface area contributed by atoms with Gasteiger partial charge in [-0.1, -0.05) is 23.7 Å². The van der Waals surface area contributed by atoms with Gasteiger partial charge in [0.05, 0.1) is 30.1 Å². The number of nitrogens with zero attached hydrogens (tertiary/aromatic N) is 3. The third kappa shape index (κ3) is 4.26. The van der Waals surface area contributed by atoms with Gasteiger partial charge in [-0.2, -0.15) is 5.10 Å². The molecule has 7 nitrogen and oxygen atoms in total. The van der Waals surface area contributed by atoms with Crippen molar-refractivity contribution in [3.05, 3.63) is 59.4 Å². The second kappa shape index (κ2) is 9.68. The maximum atomic E-state index is 12.6. The first-order valence-electron chi connectivity index (χ1n) is 11.8. The number of aromatic nitrogens is 2. The summed E-state index contributed by atoms with van der Waals surface area (Å²) in [6.07, 6.45) is 7.32. The number of hydrogen-bond donors (Lipinski definition) is 1. The average molecular weight is 481 g/mol.